The number of para-hydroxylation sites is 1. The Bertz CT molecular complexity index is 1240. The van der Waals surface area contributed by atoms with Crippen molar-refractivity contribution in [2.24, 2.45) is 0 Å². The molecule has 0 saturated carbocycles. The largest absolute Gasteiger partial charge is 0.322 e. The standard InChI is InChI=1S/C23H15Cl2IN2O/c1-13-21(23(29)27-16-9-7-15(26)8-10-16)18-4-2-3-5-20(18)28-22(13)17-11-6-14(24)12-19(17)25/h2-12H,1H3,(H,27,29). The van der Waals surface area contributed by atoms with E-state index in [0.29, 0.717) is 21.3 Å². The molecule has 29 heavy (non-hydrogen) atoms. The van der Waals surface area contributed by atoms with Gasteiger partial charge in [-0.05, 0) is 83.6 Å². The lowest BCUT2D eigenvalue weighted by molar-refractivity contribution is 0.102. The van der Waals surface area contributed by atoms with Crippen LogP contribution in [0.4, 0.5) is 5.69 Å². The number of anilines is 1. The maximum absolute atomic E-state index is 13.3. The summed E-state index contributed by atoms with van der Waals surface area (Å²) in [4.78, 5) is 18.1. The number of nitrogens with one attached hydrogen (secondary N) is 1. The molecule has 1 N–H and O–H groups in total. The zero-order valence-electron chi connectivity index (χ0n) is 15.3. The van der Waals surface area contributed by atoms with Crippen molar-refractivity contribution in [2.45, 2.75) is 6.92 Å². The van der Waals surface area contributed by atoms with Gasteiger partial charge in [0.05, 0.1) is 21.8 Å². The minimum atomic E-state index is -0.186. The fourth-order valence-corrected chi connectivity index (χ4v) is 4.13. The average molecular weight is 533 g/mol. The third-order valence-corrected chi connectivity index (χ3v) is 5.92. The zero-order valence-corrected chi connectivity index (χ0v) is 19.0. The molecule has 3 nitrogen and oxygen atoms in total. The van der Waals surface area contributed by atoms with E-state index in [4.69, 9.17) is 28.2 Å². The van der Waals surface area contributed by atoms with Gasteiger partial charge in [-0.15, -0.1) is 0 Å². The van der Waals surface area contributed by atoms with E-state index in [2.05, 4.69) is 27.9 Å². The van der Waals surface area contributed by atoms with Gasteiger partial charge in [0.25, 0.3) is 5.91 Å². The molecule has 0 radical (unpaired) electrons. The topological polar surface area (TPSA) is 42.0 Å². The molecule has 3 aromatic carbocycles. The molecular weight excluding hydrogens is 518 g/mol. The molecule has 0 bridgehead atoms. The maximum Gasteiger partial charge on any atom is 0.256 e. The number of halogens is 3. The van der Waals surface area contributed by atoms with Gasteiger partial charge in [-0.1, -0.05) is 41.4 Å². The molecule has 0 unspecified atom stereocenters. The monoisotopic (exact) mass is 532 g/mol. The first-order chi connectivity index (χ1) is 13.9. The molecule has 0 atom stereocenters. The summed E-state index contributed by atoms with van der Waals surface area (Å²) in [6, 6.07) is 20.6. The van der Waals surface area contributed by atoms with Gasteiger partial charge in [-0.25, -0.2) is 4.98 Å². The molecule has 0 aliphatic heterocycles. The number of aromatic nitrogens is 1. The van der Waals surface area contributed by atoms with Crippen molar-refractivity contribution in [3.8, 4) is 11.3 Å². The van der Waals surface area contributed by atoms with Gasteiger partial charge in [0.15, 0.2) is 0 Å². The first-order valence-corrected chi connectivity index (χ1v) is 10.7. The summed E-state index contributed by atoms with van der Waals surface area (Å²) in [6.07, 6.45) is 0. The predicted molar refractivity (Wildman–Crippen MR) is 129 cm³/mol. The number of pyridine rings is 1. The van der Waals surface area contributed by atoms with Crippen molar-refractivity contribution < 1.29 is 4.79 Å². The molecule has 0 spiro atoms. The lowest BCUT2D eigenvalue weighted by atomic mass is 9.97. The third-order valence-electron chi connectivity index (χ3n) is 4.65. The second-order valence-electron chi connectivity index (χ2n) is 6.56. The summed E-state index contributed by atoms with van der Waals surface area (Å²) in [5.41, 5.74) is 4.21. The molecule has 1 heterocycles. The number of nitrogens with zero attached hydrogens (tertiary/aromatic N) is 1. The van der Waals surface area contributed by atoms with E-state index in [1.54, 1.807) is 12.1 Å². The third kappa shape index (κ3) is 4.10. The first-order valence-electron chi connectivity index (χ1n) is 8.86. The van der Waals surface area contributed by atoms with Gasteiger partial charge in [0.2, 0.25) is 0 Å². The molecular formula is C23H15Cl2IN2O. The van der Waals surface area contributed by atoms with Crippen molar-refractivity contribution in [2.75, 3.05) is 5.32 Å². The number of carbonyl (C=O) groups is 1. The molecule has 0 fully saturated rings. The van der Waals surface area contributed by atoms with Crippen LogP contribution in [0, 0.1) is 10.5 Å². The lowest BCUT2D eigenvalue weighted by Crippen LogP contribution is -2.15. The van der Waals surface area contributed by atoms with Gasteiger partial charge >= 0.3 is 0 Å². The van der Waals surface area contributed by atoms with Crippen LogP contribution in [0.1, 0.15) is 15.9 Å². The van der Waals surface area contributed by atoms with Crippen LogP contribution in [0.15, 0.2) is 66.7 Å². The molecule has 0 saturated heterocycles. The van der Waals surface area contributed by atoms with E-state index in [9.17, 15) is 4.79 Å². The number of hydrogen-bond donors (Lipinski definition) is 1. The number of benzene rings is 3. The van der Waals surface area contributed by atoms with Gasteiger partial charge in [-0.3, -0.25) is 4.79 Å². The Morgan fingerprint density at radius 1 is 1.00 bits per heavy atom. The second-order valence-corrected chi connectivity index (χ2v) is 8.65. The Hall–Kier alpha value is -2.15. The van der Waals surface area contributed by atoms with E-state index in [1.165, 1.54) is 0 Å². The fraction of sp³-hybridized carbons (Fsp3) is 0.0435. The fourth-order valence-electron chi connectivity index (χ4n) is 3.27. The highest BCUT2D eigenvalue weighted by molar-refractivity contribution is 14.1. The Kier molecular flexibility index (Phi) is 5.76. The van der Waals surface area contributed by atoms with E-state index in [0.717, 1.165) is 31.3 Å². The summed E-state index contributed by atoms with van der Waals surface area (Å²) in [5.74, 6) is -0.186. The Morgan fingerprint density at radius 2 is 1.72 bits per heavy atom. The van der Waals surface area contributed by atoms with Gasteiger partial charge in [0, 0.05) is 25.2 Å². The number of amides is 1. The van der Waals surface area contributed by atoms with Gasteiger partial charge in [0.1, 0.15) is 0 Å². The summed E-state index contributed by atoms with van der Waals surface area (Å²) >= 11 is 14.7. The van der Waals surface area contributed by atoms with Gasteiger partial charge < -0.3 is 5.32 Å². The van der Waals surface area contributed by atoms with E-state index in [-0.39, 0.29) is 5.91 Å². The van der Waals surface area contributed by atoms with Crippen molar-refractivity contribution >= 4 is 68.3 Å². The van der Waals surface area contributed by atoms with Crippen LogP contribution in [-0.2, 0) is 0 Å². The Morgan fingerprint density at radius 3 is 2.45 bits per heavy atom. The molecule has 4 rings (SSSR count). The van der Waals surface area contributed by atoms with Crippen LogP contribution in [0.5, 0.6) is 0 Å². The SMILES string of the molecule is Cc1c(-c2ccc(Cl)cc2Cl)nc2ccccc2c1C(=O)Nc1ccc(I)cc1. The second kappa shape index (κ2) is 8.30. The molecule has 6 heteroatoms. The summed E-state index contributed by atoms with van der Waals surface area (Å²) in [6.45, 7) is 1.89. The van der Waals surface area contributed by atoms with Gasteiger partial charge in [-0.2, -0.15) is 0 Å². The number of fused-ring (bicyclic) bond motifs is 1. The summed E-state index contributed by atoms with van der Waals surface area (Å²) < 4.78 is 1.10. The normalized spacial score (nSPS) is 10.9. The summed E-state index contributed by atoms with van der Waals surface area (Å²) in [5, 5.41) is 4.83. The van der Waals surface area contributed by atoms with Crippen LogP contribution in [0.25, 0.3) is 22.2 Å². The highest BCUT2D eigenvalue weighted by atomic mass is 127. The van der Waals surface area contributed by atoms with Crippen molar-refractivity contribution in [3.05, 3.63) is 91.5 Å². The number of rotatable bonds is 3. The van der Waals surface area contributed by atoms with Crippen molar-refractivity contribution in [1.82, 2.24) is 4.98 Å². The highest BCUT2D eigenvalue weighted by Crippen LogP contribution is 2.35. The molecule has 0 aliphatic rings. The molecule has 144 valence electrons. The molecule has 4 aromatic rings. The quantitative estimate of drug-likeness (QED) is 0.280. The number of hydrogen-bond acceptors (Lipinski definition) is 2. The van der Waals surface area contributed by atoms with Crippen molar-refractivity contribution in [1.29, 1.82) is 0 Å². The van der Waals surface area contributed by atoms with Crippen LogP contribution in [0.2, 0.25) is 10.0 Å². The molecule has 1 amide bonds. The minimum Gasteiger partial charge on any atom is -0.322 e. The van der Waals surface area contributed by atoms with E-state index >= 15 is 0 Å². The van der Waals surface area contributed by atoms with Crippen LogP contribution in [0.3, 0.4) is 0 Å². The number of carbonyl (C=O) groups excluding carboxylic acids is 1. The van der Waals surface area contributed by atoms with E-state index in [1.807, 2.05) is 61.5 Å². The summed E-state index contributed by atoms with van der Waals surface area (Å²) in [7, 11) is 0. The zero-order chi connectivity index (χ0) is 20.5. The molecule has 0 aliphatic carbocycles. The van der Waals surface area contributed by atoms with Crippen LogP contribution in [-0.4, -0.2) is 10.9 Å². The Balaban J connectivity index is 1.89. The van der Waals surface area contributed by atoms with E-state index < -0.39 is 0 Å². The predicted octanol–water partition coefficient (Wildman–Crippen LogP) is 7.37. The van der Waals surface area contributed by atoms with Crippen LogP contribution < -0.4 is 5.32 Å². The Labute approximate surface area is 192 Å². The minimum absolute atomic E-state index is 0.186. The first kappa shape index (κ1) is 20.1. The molecule has 1 aromatic heterocycles. The smallest absolute Gasteiger partial charge is 0.256 e. The van der Waals surface area contributed by atoms with Crippen LogP contribution >= 0.6 is 45.8 Å². The highest BCUT2D eigenvalue weighted by Gasteiger charge is 2.20. The maximum atomic E-state index is 13.3. The van der Waals surface area contributed by atoms with Crippen molar-refractivity contribution in [3.63, 3.8) is 0 Å². The average Bonchev–Trinajstić information content (AvgIpc) is 2.69. The lowest BCUT2D eigenvalue weighted by Gasteiger charge is -2.15.